The lowest BCUT2D eigenvalue weighted by Gasteiger charge is -2.37. The van der Waals surface area contributed by atoms with Gasteiger partial charge in [-0.15, -0.1) is 0 Å². The maximum Gasteiger partial charge on any atom is 0.434 e. The molecule has 3 rings (SSSR count). The predicted molar refractivity (Wildman–Crippen MR) is 69.4 cm³/mol. The minimum atomic E-state index is -4.82. The van der Waals surface area contributed by atoms with Gasteiger partial charge < -0.3 is 15.2 Å². The van der Waals surface area contributed by atoms with Crippen LogP contribution >= 0.6 is 0 Å². The van der Waals surface area contributed by atoms with Crippen LogP contribution in [0.3, 0.4) is 0 Å². The van der Waals surface area contributed by atoms with Crippen molar-refractivity contribution in [1.82, 2.24) is 20.0 Å². The van der Waals surface area contributed by atoms with E-state index < -0.39 is 34.8 Å². The number of alkyl halides is 3. The molecule has 0 unspecified atom stereocenters. The van der Waals surface area contributed by atoms with Crippen LogP contribution in [0, 0.1) is 0 Å². The van der Waals surface area contributed by atoms with Gasteiger partial charge in [0.2, 0.25) is 5.95 Å². The van der Waals surface area contributed by atoms with Crippen LogP contribution in [0.1, 0.15) is 27.7 Å². The number of carbonyl (C=O) groups is 1. The van der Waals surface area contributed by atoms with Crippen molar-refractivity contribution in [3.63, 3.8) is 0 Å². The van der Waals surface area contributed by atoms with Crippen LogP contribution in [-0.2, 0) is 6.18 Å². The van der Waals surface area contributed by atoms with Gasteiger partial charge in [0.15, 0.2) is 5.69 Å². The van der Waals surface area contributed by atoms with E-state index in [0.29, 0.717) is 5.76 Å². The van der Waals surface area contributed by atoms with Gasteiger partial charge in [-0.25, -0.2) is 9.97 Å². The zero-order chi connectivity index (χ0) is 16.8. The third-order valence-corrected chi connectivity index (χ3v) is 3.42. The molecule has 0 spiro atoms. The number of hydrogen-bond acceptors (Lipinski definition) is 6. The molecule has 1 aliphatic heterocycles. The number of carbonyl (C=O) groups excluding carboxylic acids is 1. The molecule has 1 fully saturated rings. The Morgan fingerprint density at radius 2 is 2.13 bits per heavy atom. The standard InChI is InChI=1S/C12H10F3N5O3/c13-12(14,15)9-6(2-17-11(16)18-9)10(22)20-3-5(4-20)7-1-8(21)19-23-7/h1-2,5H,3-4H2,(H,19,21)(H2,16,17,18). The number of nitrogens with zero attached hydrogens (tertiary/aromatic N) is 3. The Morgan fingerprint density at radius 1 is 1.43 bits per heavy atom. The molecule has 2 aromatic rings. The molecular weight excluding hydrogens is 319 g/mol. The van der Waals surface area contributed by atoms with E-state index in [1.165, 1.54) is 11.0 Å². The highest BCUT2D eigenvalue weighted by molar-refractivity contribution is 5.96. The van der Waals surface area contributed by atoms with E-state index in [2.05, 4.69) is 15.1 Å². The molecule has 0 radical (unpaired) electrons. The molecule has 0 aliphatic carbocycles. The van der Waals surface area contributed by atoms with Crippen molar-refractivity contribution >= 4 is 11.9 Å². The van der Waals surface area contributed by atoms with Gasteiger partial charge in [-0.3, -0.25) is 9.59 Å². The van der Waals surface area contributed by atoms with Gasteiger partial charge in [-0.05, 0) is 0 Å². The summed E-state index contributed by atoms with van der Waals surface area (Å²) in [5.74, 6) is -1.32. The Kier molecular flexibility index (Phi) is 3.34. The van der Waals surface area contributed by atoms with Gasteiger partial charge in [0.05, 0.1) is 11.5 Å². The van der Waals surface area contributed by atoms with Crippen molar-refractivity contribution in [2.45, 2.75) is 12.1 Å². The number of aromatic nitrogens is 3. The maximum absolute atomic E-state index is 12.9. The topological polar surface area (TPSA) is 118 Å². The second-order valence-electron chi connectivity index (χ2n) is 5.01. The summed E-state index contributed by atoms with van der Waals surface area (Å²) >= 11 is 0. The van der Waals surface area contributed by atoms with E-state index >= 15 is 0 Å². The van der Waals surface area contributed by atoms with Gasteiger partial charge in [0.25, 0.3) is 11.5 Å². The quantitative estimate of drug-likeness (QED) is 0.833. The first-order chi connectivity index (χ1) is 10.8. The highest BCUT2D eigenvalue weighted by Crippen LogP contribution is 2.33. The lowest BCUT2D eigenvalue weighted by atomic mass is 9.96. The van der Waals surface area contributed by atoms with Crippen LogP contribution in [0.5, 0.6) is 0 Å². The van der Waals surface area contributed by atoms with Crippen molar-refractivity contribution in [2.75, 3.05) is 18.8 Å². The first-order valence-electron chi connectivity index (χ1n) is 6.43. The van der Waals surface area contributed by atoms with Gasteiger partial charge in [0, 0.05) is 25.4 Å². The largest absolute Gasteiger partial charge is 0.434 e. The molecular formula is C12H10F3N5O3. The number of halogens is 3. The van der Waals surface area contributed by atoms with E-state index in [1.807, 2.05) is 0 Å². The first-order valence-corrected chi connectivity index (χ1v) is 6.43. The van der Waals surface area contributed by atoms with Crippen molar-refractivity contribution in [3.05, 3.63) is 39.6 Å². The SMILES string of the molecule is Nc1ncc(C(=O)N2CC(c3cc(=O)[nH]o3)C2)c(C(F)(F)F)n1. The van der Waals surface area contributed by atoms with E-state index in [1.54, 1.807) is 0 Å². The Balaban J connectivity index is 1.79. The fourth-order valence-electron chi connectivity index (χ4n) is 2.26. The van der Waals surface area contributed by atoms with Crippen LogP contribution in [0.4, 0.5) is 19.1 Å². The molecule has 0 atom stereocenters. The molecule has 122 valence electrons. The molecule has 2 aromatic heterocycles. The minimum Gasteiger partial charge on any atom is -0.383 e. The Labute approximate surface area is 126 Å². The molecule has 1 aliphatic rings. The number of nitrogens with two attached hydrogens (primary N) is 1. The Hall–Kier alpha value is -2.85. The van der Waals surface area contributed by atoms with E-state index in [9.17, 15) is 22.8 Å². The average molecular weight is 329 g/mol. The summed E-state index contributed by atoms with van der Waals surface area (Å²) in [7, 11) is 0. The number of H-pyrrole nitrogens is 1. The first kappa shape index (κ1) is 15.1. The van der Waals surface area contributed by atoms with Crippen molar-refractivity contribution in [2.24, 2.45) is 0 Å². The number of likely N-dealkylation sites (tertiary alicyclic amines) is 1. The summed E-state index contributed by atoms with van der Waals surface area (Å²) < 4.78 is 43.7. The van der Waals surface area contributed by atoms with Crippen molar-refractivity contribution in [1.29, 1.82) is 0 Å². The lowest BCUT2D eigenvalue weighted by molar-refractivity contribution is -0.141. The van der Waals surface area contributed by atoms with Gasteiger partial charge >= 0.3 is 6.18 Å². The van der Waals surface area contributed by atoms with Crippen LogP contribution < -0.4 is 11.3 Å². The Morgan fingerprint density at radius 3 is 2.70 bits per heavy atom. The van der Waals surface area contributed by atoms with Crippen LogP contribution in [0.15, 0.2) is 21.6 Å². The maximum atomic E-state index is 12.9. The summed E-state index contributed by atoms with van der Waals surface area (Å²) in [4.78, 5) is 30.9. The van der Waals surface area contributed by atoms with Crippen molar-refractivity contribution < 1.29 is 22.5 Å². The van der Waals surface area contributed by atoms with Crippen molar-refractivity contribution in [3.8, 4) is 0 Å². The zero-order valence-electron chi connectivity index (χ0n) is 11.4. The number of nitrogens with one attached hydrogen (secondary N) is 1. The summed E-state index contributed by atoms with van der Waals surface area (Å²) in [6, 6.07) is 1.24. The zero-order valence-corrected chi connectivity index (χ0v) is 11.4. The molecule has 1 saturated heterocycles. The summed E-state index contributed by atoms with van der Waals surface area (Å²) in [5, 5.41) is 2.11. The third-order valence-electron chi connectivity index (χ3n) is 3.42. The number of aromatic amines is 1. The second kappa shape index (κ2) is 5.11. The molecule has 3 N–H and O–H groups in total. The van der Waals surface area contributed by atoms with Crippen LogP contribution in [0.2, 0.25) is 0 Å². The predicted octanol–water partition coefficient (Wildman–Crippen LogP) is 0.599. The molecule has 0 bridgehead atoms. The number of amides is 1. The van der Waals surface area contributed by atoms with Gasteiger partial charge in [-0.1, -0.05) is 0 Å². The molecule has 23 heavy (non-hydrogen) atoms. The van der Waals surface area contributed by atoms with Gasteiger partial charge in [0.1, 0.15) is 5.76 Å². The number of nitrogen functional groups attached to an aromatic ring is 1. The monoisotopic (exact) mass is 329 g/mol. The molecule has 11 heteroatoms. The molecule has 0 saturated carbocycles. The van der Waals surface area contributed by atoms with E-state index in [0.717, 1.165) is 6.20 Å². The van der Waals surface area contributed by atoms with Crippen LogP contribution in [-0.4, -0.2) is 39.0 Å². The summed E-state index contributed by atoms with van der Waals surface area (Å²) in [5.41, 5.74) is 2.70. The lowest BCUT2D eigenvalue weighted by Crippen LogP contribution is -2.49. The molecule has 3 heterocycles. The fraction of sp³-hybridized carbons (Fsp3) is 0.333. The minimum absolute atomic E-state index is 0.126. The highest BCUT2D eigenvalue weighted by atomic mass is 19.4. The molecule has 1 amide bonds. The smallest absolute Gasteiger partial charge is 0.383 e. The molecule has 8 nitrogen and oxygen atoms in total. The summed E-state index contributed by atoms with van der Waals surface area (Å²) in [6.07, 6.45) is -4.06. The average Bonchev–Trinajstić information content (AvgIpc) is 2.82. The third kappa shape index (κ3) is 2.76. The normalized spacial score (nSPS) is 15.5. The van der Waals surface area contributed by atoms with E-state index in [-0.39, 0.29) is 19.0 Å². The number of anilines is 1. The van der Waals surface area contributed by atoms with E-state index in [4.69, 9.17) is 10.3 Å². The number of rotatable bonds is 2. The highest BCUT2D eigenvalue weighted by Gasteiger charge is 2.41. The fourth-order valence-corrected chi connectivity index (χ4v) is 2.26. The van der Waals surface area contributed by atoms with Gasteiger partial charge in [-0.2, -0.15) is 18.3 Å². The molecule has 0 aromatic carbocycles. The summed E-state index contributed by atoms with van der Waals surface area (Å²) in [6.45, 7) is 0.253. The Bertz CT molecular complexity index is 807. The van der Waals surface area contributed by atoms with Crippen LogP contribution in [0.25, 0.3) is 0 Å². The number of hydrogen-bond donors (Lipinski definition) is 2. The second-order valence-corrected chi connectivity index (χ2v) is 5.01.